The Balaban J connectivity index is 2.73. The number of carbonyl (C=O) groups is 3. The van der Waals surface area contributed by atoms with E-state index in [2.05, 4.69) is 13.8 Å². The number of benzene rings is 1. The average Bonchev–Trinajstić information content (AvgIpc) is 2.65. The lowest BCUT2D eigenvalue weighted by Crippen LogP contribution is -2.16. The highest BCUT2D eigenvalue weighted by Crippen LogP contribution is 2.19. The van der Waals surface area contributed by atoms with Gasteiger partial charge in [-0.05, 0) is 37.0 Å². The number of rotatable bonds is 13. The number of hydrogen-bond donors (Lipinski definition) is 2. The third kappa shape index (κ3) is 7.81. The summed E-state index contributed by atoms with van der Waals surface area (Å²) in [6.07, 6.45) is 8.81. The molecule has 150 valence electrons. The van der Waals surface area contributed by atoms with Gasteiger partial charge in [0.2, 0.25) is 0 Å². The molecule has 0 heterocycles. The van der Waals surface area contributed by atoms with E-state index in [1.165, 1.54) is 25.3 Å². The van der Waals surface area contributed by atoms with Gasteiger partial charge >= 0.3 is 17.9 Å². The maximum atomic E-state index is 12.3. The van der Waals surface area contributed by atoms with Gasteiger partial charge < -0.3 is 14.9 Å². The molecule has 0 aliphatic rings. The average molecular weight is 378 g/mol. The Morgan fingerprint density at radius 1 is 0.889 bits per heavy atom. The van der Waals surface area contributed by atoms with Crippen molar-refractivity contribution in [1.29, 1.82) is 0 Å². The fourth-order valence-electron chi connectivity index (χ4n) is 2.98. The molecule has 1 unspecified atom stereocenters. The normalized spacial score (nSPS) is 11.8. The van der Waals surface area contributed by atoms with Gasteiger partial charge in [0, 0.05) is 0 Å². The van der Waals surface area contributed by atoms with E-state index in [9.17, 15) is 14.4 Å². The van der Waals surface area contributed by atoms with E-state index in [0.29, 0.717) is 12.5 Å². The molecule has 1 aromatic rings. The second-order valence-electron chi connectivity index (χ2n) is 6.83. The molecule has 0 fully saturated rings. The number of aromatic carboxylic acids is 2. The van der Waals surface area contributed by atoms with Crippen molar-refractivity contribution in [1.82, 2.24) is 0 Å². The van der Waals surface area contributed by atoms with Gasteiger partial charge in [-0.1, -0.05) is 52.4 Å². The van der Waals surface area contributed by atoms with Crippen LogP contribution in [0.15, 0.2) is 18.2 Å². The number of unbranched alkanes of at least 4 members (excludes halogenated alkanes) is 4. The van der Waals surface area contributed by atoms with Crippen LogP contribution in [0.25, 0.3) is 0 Å². The Hall–Kier alpha value is -2.37. The molecule has 1 rings (SSSR count). The van der Waals surface area contributed by atoms with Crippen molar-refractivity contribution in [3.05, 3.63) is 34.9 Å². The van der Waals surface area contributed by atoms with Gasteiger partial charge in [-0.3, -0.25) is 0 Å². The van der Waals surface area contributed by atoms with Crippen molar-refractivity contribution in [3.8, 4) is 0 Å². The summed E-state index contributed by atoms with van der Waals surface area (Å²) < 4.78 is 5.40. The minimum atomic E-state index is -1.39. The largest absolute Gasteiger partial charge is 0.478 e. The highest BCUT2D eigenvalue weighted by molar-refractivity contribution is 6.03. The van der Waals surface area contributed by atoms with E-state index in [-0.39, 0.29) is 11.1 Å². The first kappa shape index (κ1) is 22.7. The molecule has 0 radical (unpaired) electrons. The molecule has 0 bridgehead atoms. The van der Waals surface area contributed by atoms with Gasteiger partial charge in [0.05, 0.1) is 23.3 Å². The fraction of sp³-hybridized carbons (Fsp3) is 0.571. The molecule has 1 aromatic carbocycles. The Morgan fingerprint density at radius 3 is 2.11 bits per heavy atom. The van der Waals surface area contributed by atoms with Gasteiger partial charge in [-0.25, -0.2) is 14.4 Å². The second kappa shape index (κ2) is 12.1. The van der Waals surface area contributed by atoms with Gasteiger partial charge in [0.25, 0.3) is 0 Å². The molecular weight excluding hydrogens is 348 g/mol. The Bertz CT molecular complexity index is 638. The van der Waals surface area contributed by atoms with E-state index in [1.807, 2.05) is 0 Å². The van der Waals surface area contributed by atoms with Crippen LogP contribution in [0, 0.1) is 5.92 Å². The second-order valence-corrected chi connectivity index (χ2v) is 6.83. The number of hydrogen-bond acceptors (Lipinski definition) is 4. The zero-order chi connectivity index (χ0) is 20.2. The van der Waals surface area contributed by atoms with Crippen molar-refractivity contribution < 1.29 is 29.3 Å². The third-order valence-corrected chi connectivity index (χ3v) is 4.60. The zero-order valence-corrected chi connectivity index (χ0v) is 16.2. The Morgan fingerprint density at radius 2 is 1.52 bits per heavy atom. The van der Waals surface area contributed by atoms with Crippen LogP contribution in [0.2, 0.25) is 0 Å². The minimum Gasteiger partial charge on any atom is -0.478 e. The molecule has 0 saturated heterocycles. The summed E-state index contributed by atoms with van der Waals surface area (Å²) in [5, 5.41) is 18.2. The van der Waals surface area contributed by atoms with Gasteiger partial charge in [0.15, 0.2) is 0 Å². The van der Waals surface area contributed by atoms with E-state index < -0.39 is 23.5 Å². The van der Waals surface area contributed by atoms with Crippen molar-refractivity contribution >= 4 is 17.9 Å². The van der Waals surface area contributed by atoms with E-state index in [1.54, 1.807) is 0 Å². The van der Waals surface area contributed by atoms with Crippen molar-refractivity contribution in [3.63, 3.8) is 0 Å². The predicted molar refractivity (Wildman–Crippen MR) is 102 cm³/mol. The SMILES string of the molecule is CCCCCCC(CCCC)COC(=O)c1ccc(C(=O)O)c(C(=O)O)c1. The maximum Gasteiger partial charge on any atom is 0.338 e. The number of esters is 1. The smallest absolute Gasteiger partial charge is 0.338 e. The summed E-state index contributed by atoms with van der Waals surface area (Å²) in [6.45, 7) is 4.59. The molecule has 0 spiro atoms. The number of ether oxygens (including phenoxy) is 1. The summed E-state index contributed by atoms with van der Waals surface area (Å²) in [7, 11) is 0. The lowest BCUT2D eigenvalue weighted by molar-refractivity contribution is 0.0421. The van der Waals surface area contributed by atoms with Crippen LogP contribution in [-0.2, 0) is 4.74 Å². The van der Waals surface area contributed by atoms with E-state index >= 15 is 0 Å². The highest BCUT2D eigenvalue weighted by Gasteiger charge is 2.20. The topological polar surface area (TPSA) is 101 Å². The molecule has 0 aliphatic heterocycles. The predicted octanol–water partition coefficient (Wildman–Crippen LogP) is 5.02. The molecule has 0 aromatic heterocycles. The number of carbonyl (C=O) groups excluding carboxylic acids is 1. The minimum absolute atomic E-state index is 0.0534. The number of carboxylic acids is 2. The van der Waals surface area contributed by atoms with Crippen molar-refractivity contribution in [2.45, 2.75) is 65.2 Å². The van der Waals surface area contributed by atoms with Crippen LogP contribution in [0.5, 0.6) is 0 Å². The lowest BCUT2D eigenvalue weighted by atomic mass is 9.96. The molecule has 0 aliphatic carbocycles. The van der Waals surface area contributed by atoms with Crippen LogP contribution in [0.3, 0.4) is 0 Å². The summed E-state index contributed by atoms with van der Waals surface area (Å²) in [6, 6.07) is 3.48. The fourth-order valence-corrected chi connectivity index (χ4v) is 2.98. The van der Waals surface area contributed by atoms with Gasteiger partial charge in [-0.15, -0.1) is 0 Å². The lowest BCUT2D eigenvalue weighted by Gasteiger charge is -2.17. The standard InChI is InChI=1S/C21H30O6/c1-3-5-7-8-10-15(9-6-4-2)14-27-21(26)16-11-12-17(19(22)23)18(13-16)20(24)25/h11-13,15H,3-10,14H2,1-2H3,(H,22,23)(H,24,25). The van der Waals surface area contributed by atoms with Crippen LogP contribution in [-0.4, -0.2) is 34.7 Å². The monoisotopic (exact) mass is 378 g/mol. The van der Waals surface area contributed by atoms with Crippen molar-refractivity contribution in [2.75, 3.05) is 6.61 Å². The molecular formula is C21H30O6. The molecule has 27 heavy (non-hydrogen) atoms. The first-order chi connectivity index (χ1) is 12.9. The summed E-state index contributed by atoms with van der Waals surface area (Å²) >= 11 is 0. The van der Waals surface area contributed by atoms with Crippen LogP contribution in [0.1, 0.15) is 96.3 Å². The molecule has 6 heteroatoms. The molecule has 2 N–H and O–H groups in total. The van der Waals surface area contributed by atoms with Crippen molar-refractivity contribution in [2.24, 2.45) is 5.92 Å². The molecule has 6 nitrogen and oxygen atoms in total. The van der Waals surface area contributed by atoms with Gasteiger partial charge in [0.1, 0.15) is 0 Å². The Kier molecular flexibility index (Phi) is 10.2. The highest BCUT2D eigenvalue weighted by atomic mass is 16.5. The molecule has 0 saturated carbocycles. The number of carboxylic acid groups (broad SMARTS) is 2. The first-order valence-corrected chi connectivity index (χ1v) is 9.68. The molecule has 1 atom stereocenters. The third-order valence-electron chi connectivity index (χ3n) is 4.60. The van der Waals surface area contributed by atoms with Crippen LogP contribution < -0.4 is 0 Å². The van der Waals surface area contributed by atoms with Crippen LogP contribution in [0.4, 0.5) is 0 Å². The zero-order valence-electron chi connectivity index (χ0n) is 16.2. The maximum absolute atomic E-state index is 12.3. The first-order valence-electron chi connectivity index (χ1n) is 9.68. The summed E-state index contributed by atoms with van der Waals surface area (Å²) in [5.41, 5.74) is -0.715. The quantitative estimate of drug-likeness (QED) is 0.369. The molecule has 0 amide bonds. The Labute approximate surface area is 160 Å². The van der Waals surface area contributed by atoms with Gasteiger partial charge in [-0.2, -0.15) is 0 Å². The van der Waals surface area contributed by atoms with E-state index in [4.69, 9.17) is 14.9 Å². The summed E-state index contributed by atoms with van der Waals surface area (Å²) in [4.78, 5) is 34.6. The van der Waals surface area contributed by atoms with E-state index in [0.717, 1.165) is 44.2 Å². The van der Waals surface area contributed by atoms with Crippen LogP contribution >= 0.6 is 0 Å². The summed E-state index contributed by atoms with van der Waals surface area (Å²) in [5.74, 6) is -3.06.